The van der Waals surface area contributed by atoms with Gasteiger partial charge in [0.1, 0.15) is 5.75 Å². The molecule has 0 amide bonds. The van der Waals surface area contributed by atoms with E-state index in [9.17, 15) is 5.11 Å². The number of pyridine rings is 1. The van der Waals surface area contributed by atoms with Gasteiger partial charge in [0.15, 0.2) is 0 Å². The van der Waals surface area contributed by atoms with E-state index in [0.717, 1.165) is 11.3 Å². The van der Waals surface area contributed by atoms with E-state index in [-0.39, 0.29) is 5.75 Å². The summed E-state index contributed by atoms with van der Waals surface area (Å²) >= 11 is 0. The standard InChI is InChI=1S/C10H11NO.3C2H6/c1-4-8-6-10(12)7(3)11-9(8)5-2;3*1-2/h4-6,12H,1-2H2,3H3;3*1-2H3. The van der Waals surface area contributed by atoms with Gasteiger partial charge in [-0.25, -0.2) is 4.98 Å². The molecule has 1 rings (SSSR count). The first-order valence-electron chi connectivity index (χ1n) is 6.64. The molecular weight excluding hydrogens is 222 g/mol. The molecule has 18 heavy (non-hydrogen) atoms. The monoisotopic (exact) mass is 251 g/mol. The third kappa shape index (κ3) is 7.66. The highest BCUT2D eigenvalue weighted by molar-refractivity contribution is 5.62. The Morgan fingerprint density at radius 1 is 1.00 bits per heavy atom. The Bertz CT molecular complexity index is 297. The summed E-state index contributed by atoms with van der Waals surface area (Å²) in [5, 5.41) is 9.31. The van der Waals surface area contributed by atoms with Crippen LogP contribution in [0.5, 0.6) is 5.75 Å². The summed E-state index contributed by atoms with van der Waals surface area (Å²) in [5.74, 6) is 0.190. The first kappa shape index (κ1) is 21.7. The molecule has 2 nitrogen and oxygen atoms in total. The quantitative estimate of drug-likeness (QED) is 0.757. The average molecular weight is 251 g/mol. The molecule has 1 N–H and O–H groups in total. The number of hydrogen-bond donors (Lipinski definition) is 1. The molecule has 2 heteroatoms. The van der Waals surface area contributed by atoms with Crippen molar-refractivity contribution in [3.05, 3.63) is 36.2 Å². The second kappa shape index (κ2) is 15.4. The zero-order valence-electron chi connectivity index (χ0n) is 13.0. The van der Waals surface area contributed by atoms with Crippen LogP contribution in [0.2, 0.25) is 0 Å². The van der Waals surface area contributed by atoms with Crippen molar-refractivity contribution in [1.82, 2.24) is 4.98 Å². The van der Waals surface area contributed by atoms with Crippen molar-refractivity contribution in [2.24, 2.45) is 0 Å². The number of rotatable bonds is 2. The van der Waals surface area contributed by atoms with Gasteiger partial charge < -0.3 is 5.11 Å². The fraction of sp³-hybridized carbons (Fsp3) is 0.438. The number of hydrogen-bond acceptors (Lipinski definition) is 2. The highest BCUT2D eigenvalue weighted by Gasteiger charge is 2.02. The van der Waals surface area contributed by atoms with Crippen LogP contribution in [-0.2, 0) is 0 Å². The third-order valence-corrected chi connectivity index (χ3v) is 1.66. The van der Waals surface area contributed by atoms with Crippen LogP contribution in [0.1, 0.15) is 58.5 Å². The fourth-order valence-electron chi connectivity index (χ4n) is 0.955. The fourth-order valence-corrected chi connectivity index (χ4v) is 0.955. The lowest BCUT2D eigenvalue weighted by Gasteiger charge is -2.03. The van der Waals surface area contributed by atoms with Crippen LogP contribution in [0, 0.1) is 6.92 Å². The number of nitrogens with zero attached hydrogens (tertiary/aromatic N) is 1. The van der Waals surface area contributed by atoms with Crippen LogP contribution in [0.4, 0.5) is 0 Å². The highest BCUT2D eigenvalue weighted by Crippen LogP contribution is 2.19. The zero-order chi connectivity index (χ0) is 15.1. The second-order valence-electron chi connectivity index (χ2n) is 2.48. The van der Waals surface area contributed by atoms with E-state index in [1.807, 2.05) is 41.5 Å². The van der Waals surface area contributed by atoms with Gasteiger partial charge in [-0.1, -0.05) is 60.8 Å². The Morgan fingerprint density at radius 3 is 1.78 bits per heavy atom. The van der Waals surface area contributed by atoms with Crippen LogP contribution in [0.25, 0.3) is 12.2 Å². The first-order chi connectivity index (χ1) is 8.69. The maximum atomic E-state index is 9.31. The summed E-state index contributed by atoms with van der Waals surface area (Å²) in [6.07, 6.45) is 3.28. The Labute approximate surface area is 113 Å². The second-order valence-corrected chi connectivity index (χ2v) is 2.48. The van der Waals surface area contributed by atoms with E-state index in [2.05, 4.69) is 18.1 Å². The Hall–Kier alpha value is -1.57. The molecule has 0 atom stereocenters. The highest BCUT2D eigenvalue weighted by atomic mass is 16.3. The summed E-state index contributed by atoms with van der Waals surface area (Å²) in [5.41, 5.74) is 2.16. The van der Waals surface area contributed by atoms with Crippen molar-refractivity contribution in [3.63, 3.8) is 0 Å². The number of aryl methyl sites for hydroxylation is 1. The Kier molecular flexibility index (Phi) is 18.6. The Morgan fingerprint density at radius 2 is 1.44 bits per heavy atom. The van der Waals surface area contributed by atoms with E-state index < -0.39 is 0 Å². The molecule has 0 saturated heterocycles. The molecule has 0 radical (unpaired) electrons. The minimum absolute atomic E-state index is 0.190. The third-order valence-electron chi connectivity index (χ3n) is 1.66. The largest absolute Gasteiger partial charge is 0.506 e. The molecule has 104 valence electrons. The molecule has 0 bridgehead atoms. The van der Waals surface area contributed by atoms with E-state index >= 15 is 0 Å². The van der Waals surface area contributed by atoms with Crippen molar-refractivity contribution in [2.45, 2.75) is 48.5 Å². The van der Waals surface area contributed by atoms with Crippen molar-refractivity contribution in [1.29, 1.82) is 0 Å². The minimum Gasteiger partial charge on any atom is -0.506 e. The summed E-state index contributed by atoms with van der Waals surface area (Å²) < 4.78 is 0. The van der Waals surface area contributed by atoms with Crippen LogP contribution in [0.3, 0.4) is 0 Å². The van der Waals surface area contributed by atoms with E-state index in [0.29, 0.717) is 5.69 Å². The zero-order valence-corrected chi connectivity index (χ0v) is 13.0. The van der Waals surface area contributed by atoms with Gasteiger partial charge in [0.25, 0.3) is 0 Å². The maximum Gasteiger partial charge on any atom is 0.137 e. The predicted molar refractivity (Wildman–Crippen MR) is 84.9 cm³/mol. The molecule has 0 aliphatic heterocycles. The smallest absolute Gasteiger partial charge is 0.137 e. The predicted octanol–water partition coefficient (Wildman–Crippen LogP) is 5.46. The van der Waals surface area contributed by atoms with Gasteiger partial charge in [0.05, 0.1) is 11.4 Å². The van der Waals surface area contributed by atoms with Crippen LogP contribution in [0.15, 0.2) is 19.2 Å². The summed E-state index contributed by atoms with van der Waals surface area (Å²) in [6.45, 7) is 21.0. The van der Waals surface area contributed by atoms with E-state index in [1.165, 1.54) is 0 Å². The molecule has 0 aliphatic rings. The minimum atomic E-state index is 0.190. The van der Waals surface area contributed by atoms with Gasteiger partial charge in [-0.05, 0) is 19.1 Å². The van der Waals surface area contributed by atoms with E-state index in [1.54, 1.807) is 25.1 Å². The SMILES string of the molecule is C=Cc1cc(O)c(C)nc1C=C.CC.CC.CC. The van der Waals surface area contributed by atoms with Gasteiger partial charge in [-0.3, -0.25) is 0 Å². The first-order valence-corrected chi connectivity index (χ1v) is 6.64. The van der Waals surface area contributed by atoms with Gasteiger partial charge in [0.2, 0.25) is 0 Å². The molecular formula is C16H29NO. The molecule has 0 fully saturated rings. The van der Waals surface area contributed by atoms with Gasteiger partial charge in [-0.2, -0.15) is 0 Å². The summed E-state index contributed by atoms with van der Waals surface area (Å²) in [6, 6.07) is 1.63. The van der Waals surface area contributed by atoms with Gasteiger partial charge in [-0.15, -0.1) is 0 Å². The van der Waals surface area contributed by atoms with E-state index in [4.69, 9.17) is 0 Å². The molecule has 0 unspecified atom stereocenters. The average Bonchev–Trinajstić information content (AvgIpc) is 2.47. The molecule has 0 aliphatic carbocycles. The number of aromatic hydroxyl groups is 1. The van der Waals surface area contributed by atoms with Crippen molar-refractivity contribution < 1.29 is 5.11 Å². The lowest BCUT2D eigenvalue weighted by atomic mass is 10.1. The van der Waals surface area contributed by atoms with Crippen molar-refractivity contribution >= 4 is 12.2 Å². The summed E-state index contributed by atoms with van der Waals surface area (Å²) in [4.78, 5) is 4.12. The molecule has 1 aromatic rings. The van der Waals surface area contributed by atoms with Crippen LogP contribution in [-0.4, -0.2) is 10.1 Å². The lowest BCUT2D eigenvalue weighted by Crippen LogP contribution is -1.89. The molecule has 1 aromatic heterocycles. The van der Waals surface area contributed by atoms with Crippen molar-refractivity contribution in [3.8, 4) is 5.75 Å². The molecule has 1 heterocycles. The lowest BCUT2D eigenvalue weighted by molar-refractivity contribution is 0.467. The molecule has 0 spiro atoms. The Balaban J connectivity index is -0.000000328. The van der Waals surface area contributed by atoms with Crippen LogP contribution < -0.4 is 0 Å². The van der Waals surface area contributed by atoms with Crippen LogP contribution >= 0.6 is 0 Å². The van der Waals surface area contributed by atoms with Gasteiger partial charge in [0, 0.05) is 5.56 Å². The van der Waals surface area contributed by atoms with Gasteiger partial charge >= 0.3 is 0 Å². The number of aromatic nitrogens is 1. The molecule has 0 saturated carbocycles. The molecule has 0 aromatic carbocycles. The summed E-state index contributed by atoms with van der Waals surface area (Å²) in [7, 11) is 0. The van der Waals surface area contributed by atoms with Crippen molar-refractivity contribution in [2.75, 3.05) is 0 Å². The normalized spacial score (nSPS) is 7.28. The maximum absolute atomic E-state index is 9.31. The topological polar surface area (TPSA) is 33.1 Å².